The van der Waals surface area contributed by atoms with E-state index in [-0.39, 0.29) is 90.9 Å². The molecular formula is C51H77N9O12S. The number of phenols is 1. The van der Waals surface area contributed by atoms with E-state index in [2.05, 4.69) is 26.3 Å². The van der Waals surface area contributed by atoms with E-state index in [1.807, 2.05) is 27.7 Å². The second-order valence-electron chi connectivity index (χ2n) is 19.8. The number of esters is 1. The molecule has 1 aromatic carbocycles. The van der Waals surface area contributed by atoms with E-state index in [0.29, 0.717) is 31.4 Å². The van der Waals surface area contributed by atoms with Gasteiger partial charge in [-0.2, -0.15) is 0 Å². The van der Waals surface area contributed by atoms with Gasteiger partial charge in [0.25, 0.3) is 17.7 Å². The summed E-state index contributed by atoms with van der Waals surface area (Å²) in [7, 11) is 5.21. The number of hydrogen-bond donors (Lipinski definition) is 7. The van der Waals surface area contributed by atoms with E-state index < -0.39 is 83.2 Å². The molecule has 21 nitrogen and oxygen atoms in total. The molecule has 7 atom stereocenters. The molecule has 0 aliphatic carbocycles. The lowest BCUT2D eigenvalue weighted by Gasteiger charge is -2.38. The summed E-state index contributed by atoms with van der Waals surface area (Å²) in [4.78, 5) is 126. The number of aliphatic carboxylic acids is 1. The normalized spacial score (nSPS) is 15.5. The summed E-state index contributed by atoms with van der Waals surface area (Å²) in [6.07, 6.45) is 3.39. The predicted molar refractivity (Wildman–Crippen MR) is 275 cm³/mol. The number of carbonyl (C=O) groups is 9. The van der Waals surface area contributed by atoms with Crippen molar-refractivity contribution in [1.82, 2.24) is 35.6 Å². The number of carboxylic acid groups (broad SMARTS) is 1. The van der Waals surface area contributed by atoms with Crippen molar-refractivity contribution in [2.75, 3.05) is 39.5 Å². The minimum atomic E-state index is -1.20. The Morgan fingerprint density at radius 3 is 2.16 bits per heavy atom. The van der Waals surface area contributed by atoms with Gasteiger partial charge < -0.3 is 46.9 Å². The number of aromatic nitrogens is 1. The molecule has 1 aromatic heterocycles. The number of likely N-dealkylation sites (N-methyl/N-ethyl adjacent to an activating group) is 2. The molecule has 2 unspecified atom stereocenters. The number of phenolic OH excluding ortho intramolecular Hbond substituents is 1. The van der Waals surface area contributed by atoms with Crippen molar-refractivity contribution >= 4 is 70.3 Å². The van der Waals surface area contributed by atoms with Gasteiger partial charge in [0.05, 0.1) is 11.2 Å². The average Bonchev–Trinajstić information content (AvgIpc) is 3.95. The van der Waals surface area contributed by atoms with Crippen LogP contribution < -0.4 is 27.0 Å². The quantitative estimate of drug-likeness (QED) is 0.0253. The number of nitrogens with two attached hydrogens (primary N) is 1. The number of nitrogens with zero attached hydrogens (tertiary/aromatic N) is 4. The molecule has 0 fully saturated rings. The Kier molecular flexibility index (Phi) is 23.6. The van der Waals surface area contributed by atoms with Crippen molar-refractivity contribution in [1.29, 1.82) is 0 Å². The summed E-state index contributed by atoms with van der Waals surface area (Å²) in [6.45, 7) is 14.4. The molecule has 8 N–H and O–H groups in total. The summed E-state index contributed by atoms with van der Waals surface area (Å²) in [5, 5.41) is 33.5. The van der Waals surface area contributed by atoms with Crippen molar-refractivity contribution < 1.29 is 58.1 Å². The van der Waals surface area contributed by atoms with Crippen LogP contribution >= 0.6 is 11.3 Å². The SMILES string of the molecule is CC[C@H](C)[C@H](NC(=O)C(C)(C)N(C)C)C(=O)N(C)C(C[C@@H](OC(C)=O)c1nc(C(=O)N[C@@H](Cc2ccc(O)c(NC(=O)CCCN3C(=O)C=CC3=O)c2)CC(C)C(=O)N[C@@H](CCCCN)C(=O)O)cs1)C(C)C. The average molecular weight is 1040 g/mol. The van der Waals surface area contributed by atoms with Crippen molar-refractivity contribution in [2.45, 2.75) is 149 Å². The maximum absolute atomic E-state index is 14.3. The third-order valence-corrected chi connectivity index (χ3v) is 14.3. The fourth-order valence-corrected chi connectivity index (χ4v) is 8.87. The van der Waals surface area contributed by atoms with Crippen LogP contribution in [-0.2, 0) is 49.5 Å². The molecule has 3 rings (SSSR count). The lowest BCUT2D eigenvalue weighted by molar-refractivity contribution is -0.149. The Hall–Kier alpha value is -6.26. The first-order valence-electron chi connectivity index (χ1n) is 24.8. The number of anilines is 1. The van der Waals surface area contributed by atoms with Crippen LogP contribution in [0.4, 0.5) is 5.69 Å². The molecule has 0 radical (unpaired) electrons. The maximum Gasteiger partial charge on any atom is 0.326 e. The zero-order valence-electron chi connectivity index (χ0n) is 44.1. The van der Waals surface area contributed by atoms with Gasteiger partial charge >= 0.3 is 11.9 Å². The smallest absolute Gasteiger partial charge is 0.326 e. The van der Waals surface area contributed by atoms with E-state index in [4.69, 9.17) is 10.5 Å². The number of rotatable bonds is 30. The number of aromatic hydroxyl groups is 1. The van der Waals surface area contributed by atoms with E-state index in [1.54, 1.807) is 57.8 Å². The summed E-state index contributed by atoms with van der Waals surface area (Å²) < 4.78 is 5.81. The Morgan fingerprint density at radius 1 is 0.932 bits per heavy atom. The molecule has 0 spiro atoms. The number of unbranched alkanes of at least 4 members (excludes halogenated alkanes) is 1. The van der Waals surface area contributed by atoms with Gasteiger partial charge in [-0.15, -0.1) is 11.3 Å². The molecule has 1 aliphatic rings. The number of nitrogens with one attached hydrogen (secondary N) is 4. The van der Waals surface area contributed by atoms with Crippen LogP contribution in [0.1, 0.15) is 134 Å². The standard InChI is InChI=1S/C51H77N9O12S/c1-12-30(4)44(57-50(71)51(7,8)58(9)10)48(68)59(11)38(29(2)3)27-40(72-32(6)61)47-56-37(28-73-47)46(67)53-34(24-31(5)45(66)55-35(49(69)70)16-13-14-22-52)25-33-18-19-39(62)36(26-33)54-41(63)17-15-23-60-42(64)20-21-43(60)65/h18-21,26,28-31,34-35,38,40,44,62H,12-17,22-25,27,52H2,1-11H3,(H,53,67)(H,54,63)(H,55,66)(H,57,71)(H,69,70)/t30-,31?,34+,35-,38?,40+,44-/m0/s1. The number of carboxylic acids is 1. The molecule has 0 saturated heterocycles. The monoisotopic (exact) mass is 1040 g/mol. The summed E-state index contributed by atoms with van der Waals surface area (Å²) in [5.41, 5.74) is 5.23. The topological polar surface area (TPSA) is 300 Å². The molecule has 22 heteroatoms. The number of imide groups is 1. The van der Waals surface area contributed by atoms with Crippen molar-refractivity contribution in [3.8, 4) is 5.75 Å². The van der Waals surface area contributed by atoms with Gasteiger partial charge in [0.1, 0.15) is 28.5 Å². The largest absolute Gasteiger partial charge is 0.506 e. The number of hydrogen-bond acceptors (Lipinski definition) is 15. The zero-order chi connectivity index (χ0) is 54.9. The maximum atomic E-state index is 14.3. The van der Waals surface area contributed by atoms with Gasteiger partial charge in [-0.05, 0) is 103 Å². The molecule has 0 saturated carbocycles. The highest BCUT2D eigenvalue weighted by Crippen LogP contribution is 2.32. The first-order chi connectivity index (χ1) is 34.2. The lowest BCUT2D eigenvalue weighted by atomic mass is 9.92. The van der Waals surface area contributed by atoms with Crippen LogP contribution in [-0.4, -0.2) is 147 Å². The van der Waals surface area contributed by atoms with Crippen LogP contribution in [0.25, 0.3) is 0 Å². The van der Waals surface area contributed by atoms with Gasteiger partial charge in [-0.25, -0.2) is 9.78 Å². The van der Waals surface area contributed by atoms with Crippen LogP contribution in [0.5, 0.6) is 5.75 Å². The third kappa shape index (κ3) is 18.0. The molecule has 2 aromatic rings. The van der Waals surface area contributed by atoms with Crippen LogP contribution in [0.2, 0.25) is 0 Å². The Labute approximate surface area is 432 Å². The van der Waals surface area contributed by atoms with E-state index >= 15 is 0 Å². The molecule has 1 aliphatic heterocycles. The fraction of sp³-hybridized carbons (Fsp3) is 0.608. The Morgan fingerprint density at radius 2 is 1.59 bits per heavy atom. The van der Waals surface area contributed by atoms with Crippen molar-refractivity contribution in [3.63, 3.8) is 0 Å². The molecule has 404 valence electrons. The molecular weight excluding hydrogens is 963 g/mol. The first-order valence-corrected chi connectivity index (χ1v) is 25.7. The summed E-state index contributed by atoms with van der Waals surface area (Å²) >= 11 is 1.07. The summed E-state index contributed by atoms with van der Waals surface area (Å²) in [6, 6.07) is 1.09. The highest BCUT2D eigenvalue weighted by Gasteiger charge is 2.39. The summed E-state index contributed by atoms with van der Waals surface area (Å²) in [5.74, 6) is -6.57. The van der Waals surface area contributed by atoms with Crippen LogP contribution in [0, 0.1) is 17.8 Å². The number of thiazole rings is 1. The molecule has 73 heavy (non-hydrogen) atoms. The zero-order valence-corrected chi connectivity index (χ0v) is 44.9. The minimum absolute atomic E-state index is 0.00627. The molecule has 0 bridgehead atoms. The Bertz CT molecular complexity index is 2300. The van der Waals surface area contributed by atoms with Crippen LogP contribution in [0.15, 0.2) is 35.7 Å². The predicted octanol–water partition coefficient (Wildman–Crippen LogP) is 3.91. The van der Waals surface area contributed by atoms with Crippen molar-refractivity contribution in [2.24, 2.45) is 23.5 Å². The minimum Gasteiger partial charge on any atom is -0.506 e. The number of ether oxygens (including phenoxy) is 1. The van der Waals surface area contributed by atoms with Gasteiger partial charge in [-0.1, -0.05) is 47.1 Å². The van der Waals surface area contributed by atoms with Gasteiger partial charge in [0.2, 0.25) is 23.6 Å². The first kappa shape index (κ1) is 61.0. The second kappa shape index (κ2) is 28.3. The van der Waals surface area contributed by atoms with Crippen molar-refractivity contribution in [3.05, 3.63) is 52.0 Å². The highest BCUT2D eigenvalue weighted by atomic mass is 32.1. The van der Waals surface area contributed by atoms with Gasteiger partial charge in [0, 0.05) is 68.9 Å². The van der Waals surface area contributed by atoms with Crippen LogP contribution in [0.3, 0.4) is 0 Å². The fourth-order valence-electron chi connectivity index (χ4n) is 8.03. The van der Waals surface area contributed by atoms with E-state index in [9.17, 15) is 53.4 Å². The van der Waals surface area contributed by atoms with Gasteiger partial charge in [0.15, 0.2) is 6.10 Å². The number of amides is 7. The number of carbonyl (C=O) groups excluding carboxylic acids is 8. The second-order valence-corrected chi connectivity index (χ2v) is 20.7. The lowest BCUT2D eigenvalue weighted by Crippen LogP contribution is -2.60. The van der Waals surface area contributed by atoms with E-state index in [0.717, 1.165) is 28.4 Å². The molecule has 7 amide bonds. The molecule has 2 heterocycles. The third-order valence-electron chi connectivity index (χ3n) is 13.3. The Balaban J connectivity index is 1.91. The van der Waals surface area contributed by atoms with E-state index in [1.165, 1.54) is 24.4 Å². The number of benzene rings is 1. The van der Waals surface area contributed by atoms with Gasteiger partial charge in [-0.3, -0.25) is 48.2 Å². The highest BCUT2D eigenvalue weighted by molar-refractivity contribution is 7.09.